The molecule has 0 atom stereocenters. The highest BCUT2D eigenvalue weighted by atomic mass is 32.2. The SMILES string of the molecule is C/C(O)=C/[S+]1CCCC1. The van der Waals surface area contributed by atoms with E-state index in [9.17, 15) is 0 Å². The zero-order valence-electron chi connectivity index (χ0n) is 5.76. The molecule has 1 saturated heterocycles. The Morgan fingerprint density at radius 1 is 1.44 bits per heavy atom. The largest absolute Gasteiger partial charge is 0.508 e. The maximum absolute atomic E-state index is 8.88. The molecule has 1 nitrogen and oxygen atoms in total. The number of allylic oxidation sites excluding steroid dienone is 1. The van der Waals surface area contributed by atoms with E-state index in [0.29, 0.717) is 16.7 Å². The molecule has 9 heavy (non-hydrogen) atoms. The molecule has 0 aromatic heterocycles. The summed E-state index contributed by atoms with van der Waals surface area (Å²) in [5.74, 6) is 3.11. The van der Waals surface area contributed by atoms with Crippen LogP contribution >= 0.6 is 0 Å². The normalized spacial score (nSPS) is 23.0. The molecule has 1 fully saturated rings. The van der Waals surface area contributed by atoms with Crippen molar-refractivity contribution in [1.29, 1.82) is 0 Å². The van der Waals surface area contributed by atoms with E-state index in [-0.39, 0.29) is 0 Å². The zero-order chi connectivity index (χ0) is 6.69. The molecular formula is C7H13OS+. The number of hydrogen-bond donors (Lipinski definition) is 1. The average Bonchev–Trinajstić information content (AvgIpc) is 2.15. The molecule has 52 valence electrons. The number of aliphatic hydroxyl groups excluding tert-OH is 1. The first-order valence-electron chi connectivity index (χ1n) is 3.33. The summed E-state index contributed by atoms with van der Waals surface area (Å²) in [6.45, 7) is 1.76. The minimum absolute atomic E-state index is 0.431. The van der Waals surface area contributed by atoms with E-state index < -0.39 is 0 Å². The first kappa shape index (κ1) is 7.00. The standard InChI is InChI=1S/C7H12OS/c1-7(8)6-9-4-2-3-5-9/h6H,2-5H2,1H3/p+1/b7-6-. The van der Waals surface area contributed by atoms with Crippen LogP contribution in [0, 0.1) is 0 Å². The molecule has 1 aliphatic rings. The van der Waals surface area contributed by atoms with E-state index in [1.165, 1.54) is 24.3 Å². The summed E-state index contributed by atoms with van der Waals surface area (Å²) in [6, 6.07) is 0. The monoisotopic (exact) mass is 145 g/mol. The van der Waals surface area contributed by atoms with Crippen LogP contribution in [0.25, 0.3) is 0 Å². The van der Waals surface area contributed by atoms with Crippen LogP contribution < -0.4 is 0 Å². The van der Waals surface area contributed by atoms with Gasteiger partial charge in [-0.3, -0.25) is 0 Å². The topological polar surface area (TPSA) is 20.2 Å². The van der Waals surface area contributed by atoms with Crippen molar-refractivity contribution in [3.8, 4) is 0 Å². The van der Waals surface area contributed by atoms with Gasteiger partial charge in [-0.1, -0.05) is 0 Å². The maximum Gasteiger partial charge on any atom is 0.156 e. The Morgan fingerprint density at radius 2 is 2.00 bits per heavy atom. The molecule has 0 radical (unpaired) electrons. The maximum atomic E-state index is 8.88. The van der Waals surface area contributed by atoms with Crippen LogP contribution in [-0.4, -0.2) is 16.6 Å². The number of hydrogen-bond acceptors (Lipinski definition) is 1. The van der Waals surface area contributed by atoms with Gasteiger partial charge in [0.15, 0.2) is 5.41 Å². The predicted octanol–water partition coefficient (Wildman–Crippen LogP) is 1.82. The molecule has 1 aliphatic heterocycles. The molecule has 0 unspecified atom stereocenters. The second-order valence-electron chi connectivity index (χ2n) is 2.41. The first-order chi connectivity index (χ1) is 4.29. The van der Waals surface area contributed by atoms with Gasteiger partial charge in [-0.2, -0.15) is 0 Å². The Kier molecular flexibility index (Phi) is 2.46. The summed E-state index contributed by atoms with van der Waals surface area (Å²) in [4.78, 5) is 0. The van der Waals surface area contributed by atoms with Crippen LogP contribution in [-0.2, 0) is 10.9 Å². The van der Waals surface area contributed by atoms with E-state index in [4.69, 9.17) is 5.11 Å². The molecule has 0 spiro atoms. The van der Waals surface area contributed by atoms with E-state index in [0.717, 1.165) is 0 Å². The number of rotatable bonds is 1. The van der Waals surface area contributed by atoms with Crippen LogP contribution in [0.4, 0.5) is 0 Å². The summed E-state index contributed by atoms with van der Waals surface area (Å²) in [5.41, 5.74) is 0. The molecule has 0 amide bonds. The Morgan fingerprint density at radius 3 is 2.44 bits per heavy atom. The Balaban J connectivity index is 2.35. The van der Waals surface area contributed by atoms with Crippen molar-refractivity contribution in [3.05, 3.63) is 11.2 Å². The number of aliphatic hydroxyl groups is 1. The van der Waals surface area contributed by atoms with Crippen molar-refractivity contribution in [3.63, 3.8) is 0 Å². The molecule has 2 heteroatoms. The molecule has 0 bridgehead atoms. The third-order valence-corrected chi connectivity index (χ3v) is 3.70. The molecule has 0 aromatic rings. The highest BCUT2D eigenvalue weighted by Crippen LogP contribution is 2.15. The molecule has 1 N–H and O–H groups in total. The molecular weight excluding hydrogens is 132 g/mol. The second kappa shape index (κ2) is 3.16. The summed E-state index contributed by atoms with van der Waals surface area (Å²) < 4.78 is 0. The van der Waals surface area contributed by atoms with Gasteiger partial charge in [0.25, 0.3) is 0 Å². The van der Waals surface area contributed by atoms with Gasteiger partial charge in [-0.25, -0.2) is 0 Å². The Bertz CT molecular complexity index is 110. The van der Waals surface area contributed by atoms with Crippen molar-refractivity contribution in [2.75, 3.05) is 11.5 Å². The fourth-order valence-electron chi connectivity index (χ4n) is 1.04. The fraction of sp³-hybridized carbons (Fsp3) is 0.714. The zero-order valence-corrected chi connectivity index (χ0v) is 6.58. The van der Waals surface area contributed by atoms with Gasteiger partial charge in [0.1, 0.15) is 17.3 Å². The molecule has 1 heterocycles. The molecule has 0 aromatic carbocycles. The van der Waals surface area contributed by atoms with Crippen molar-refractivity contribution < 1.29 is 5.11 Å². The van der Waals surface area contributed by atoms with E-state index in [1.807, 2.05) is 5.41 Å². The lowest BCUT2D eigenvalue weighted by Gasteiger charge is -1.89. The highest BCUT2D eigenvalue weighted by Gasteiger charge is 2.21. The van der Waals surface area contributed by atoms with E-state index in [2.05, 4.69) is 0 Å². The van der Waals surface area contributed by atoms with Crippen LogP contribution in [0.15, 0.2) is 11.2 Å². The molecule has 1 rings (SSSR count). The van der Waals surface area contributed by atoms with E-state index in [1.54, 1.807) is 6.92 Å². The Labute approximate surface area is 59.1 Å². The average molecular weight is 145 g/mol. The van der Waals surface area contributed by atoms with Crippen molar-refractivity contribution in [2.24, 2.45) is 0 Å². The minimum Gasteiger partial charge on any atom is -0.508 e. The smallest absolute Gasteiger partial charge is 0.156 e. The van der Waals surface area contributed by atoms with Gasteiger partial charge in [-0.05, 0) is 19.8 Å². The fourth-order valence-corrected chi connectivity index (χ4v) is 3.11. The van der Waals surface area contributed by atoms with E-state index >= 15 is 0 Å². The lowest BCUT2D eigenvalue weighted by molar-refractivity contribution is 0.416. The second-order valence-corrected chi connectivity index (χ2v) is 4.54. The summed E-state index contributed by atoms with van der Waals surface area (Å²) in [5, 5.41) is 10.9. The lowest BCUT2D eigenvalue weighted by Crippen LogP contribution is -1.98. The van der Waals surface area contributed by atoms with Crippen LogP contribution in [0.3, 0.4) is 0 Å². The summed E-state index contributed by atoms with van der Waals surface area (Å²) in [6.07, 6.45) is 2.71. The van der Waals surface area contributed by atoms with Gasteiger partial charge in [0.2, 0.25) is 0 Å². The summed E-state index contributed by atoms with van der Waals surface area (Å²) in [7, 11) is 0.431. The molecule has 0 aliphatic carbocycles. The summed E-state index contributed by atoms with van der Waals surface area (Å²) >= 11 is 0. The Hall–Kier alpha value is -0.110. The third kappa shape index (κ3) is 2.31. The van der Waals surface area contributed by atoms with Gasteiger partial charge in [0, 0.05) is 10.9 Å². The predicted molar refractivity (Wildman–Crippen MR) is 42.7 cm³/mol. The van der Waals surface area contributed by atoms with Crippen LogP contribution in [0.1, 0.15) is 19.8 Å². The highest BCUT2D eigenvalue weighted by molar-refractivity contribution is 7.99. The van der Waals surface area contributed by atoms with Crippen molar-refractivity contribution in [2.45, 2.75) is 19.8 Å². The minimum atomic E-state index is 0.431. The lowest BCUT2D eigenvalue weighted by atomic mass is 10.4. The quantitative estimate of drug-likeness (QED) is 0.441. The van der Waals surface area contributed by atoms with Gasteiger partial charge < -0.3 is 5.11 Å². The first-order valence-corrected chi connectivity index (χ1v) is 4.95. The van der Waals surface area contributed by atoms with Gasteiger partial charge in [0.05, 0.1) is 0 Å². The molecule has 0 saturated carbocycles. The van der Waals surface area contributed by atoms with Crippen LogP contribution in [0.5, 0.6) is 0 Å². The van der Waals surface area contributed by atoms with Crippen LogP contribution in [0.2, 0.25) is 0 Å². The van der Waals surface area contributed by atoms with Gasteiger partial charge >= 0.3 is 0 Å². The van der Waals surface area contributed by atoms with Crippen molar-refractivity contribution >= 4 is 10.9 Å². The van der Waals surface area contributed by atoms with Gasteiger partial charge in [-0.15, -0.1) is 0 Å². The third-order valence-electron chi connectivity index (χ3n) is 1.40. The van der Waals surface area contributed by atoms with Crippen molar-refractivity contribution in [1.82, 2.24) is 0 Å².